The largest absolute Gasteiger partial charge is 0.261 e. The second-order valence-electron chi connectivity index (χ2n) is 5.32. The minimum Gasteiger partial charge on any atom is -0.261 e. The van der Waals surface area contributed by atoms with Crippen molar-refractivity contribution < 1.29 is 0 Å². The summed E-state index contributed by atoms with van der Waals surface area (Å²) in [5, 5.41) is 0. The maximum Gasteiger partial charge on any atom is 0.0220 e. The molecule has 0 aliphatic carbocycles. The molecule has 0 bridgehead atoms. The van der Waals surface area contributed by atoms with E-state index in [0.717, 1.165) is 5.92 Å². The van der Waals surface area contributed by atoms with Crippen LogP contribution >= 0.6 is 11.9 Å². The lowest BCUT2D eigenvalue weighted by Crippen LogP contribution is -2.25. The van der Waals surface area contributed by atoms with Crippen molar-refractivity contribution in [1.29, 1.82) is 0 Å². The Hall–Kier alpha value is 0.310. The molecule has 0 saturated carbocycles. The van der Waals surface area contributed by atoms with Gasteiger partial charge in [0.2, 0.25) is 0 Å². The number of nitrogens with one attached hydrogen (secondary N) is 1. The molecule has 0 heterocycles. The molecule has 0 rings (SSSR count). The summed E-state index contributed by atoms with van der Waals surface area (Å²) in [5.41, 5.74) is 0. The Morgan fingerprint density at radius 2 is 1.71 bits per heavy atom. The van der Waals surface area contributed by atoms with Gasteiger partial charge in [0.1, 0.15) is 0 Å². The van der Waals surface area contributed by atoms with E-state index in [4.69, 9.17) is 0 Å². The van der Waals surface area contributed by atoms with Crippen LogP contribution < -0.4 is 4.72 Å². The lowest BCUT2D eigenvalue weighted by atomic mass is 10.0. The van der Waals surface area contributed by atoms with Crippen molar-refractivity contribution in [3.05, 3.63) is 0 Å². The molecule has 1 unspecified atom stereocenters. The summed E-state index contributed by atoms with van der Waals surface area (Å²) in [5.74, 6) is 0.874. The van der Waals surface area contributed by atoms with E-state index in [1.807, 2.05) is 11.9 Å². The fraction of sp³-hybridized carbons (Fsp3) is 1.00. The van der Waals surface area contributed by atoms with Gasteiger partial charge in [-0.2, -0.15) is 0 Å². The molecule has 0 aromatic heterocycles. The monoisotopic (exact) mass is 217 g/mol. The van der Waals surface area contributed by atoms with Gasteiger partial charge in [-0.25, -0.2) is 0 Å². The number of hydrogen-bond acceptors (Lipinski definition) is 2. The van der Waals surface area contributed by atoms with Gasteiger partial charge in [0.25, 0.3) is 0 Å². The van der Waals surface area contributed by atoms with E-state index in [2.05, 4.69) is 46.3 Å². The molecule has 0 spiro atoms. The van der Waals surface area contributed by atoms with Crippen LogP contribution in [0, 0.1) is 5.92 Å². The standard InChI is InChI=1S/C12H27NS/c1-7-10(2)8-9-11(3)13-14-12(4,5)6/h10-11,13H,7-9H2,1-6H3/t10-,11?/m0/s1. The Morgan fingerprint density at radius 1 is 1.14 bits per heavy atom. The molecule has 0 aromatic carbocycles. The molecule has 86 valence electrons. The first-order valence-corrected chi connectivity index (χ1v) is 6.60. The van der Waals surface area contributed by atoms with Crippen LogP contribution in [0.25, 0.3) is 0 Å². The van der Waals surface area contributed by atoms with E-state index in [1.54, 1.807) is 0 Å². The number of hydrogen-bond donors (Lipinski definition) is 1. The SMILES string of the molecule is CC[C@H](C)CCC(C)NSC(C)(C)C. The average molecular weight is 217 g/mol. The van der Waals surface area contributed by atoms with Gasteiger partial charge in [-0.3, -0.25) is 4.72 Å². The predicted molar refractivity (Wildman–Crippen MR) is 68.6 cm³/mol. The van der Waals surface area contributed by atoms with Gasteiger partial charge in [-0.05, 0) is 46.5 Å². The summed E-state index contributed by atoms with van der Waals surface area (Å²) < 4.78 is 3.84. The minimum absolute atomic E-state index is 0.324. The number of rotatable bonds is 6. The Bertz CT molecular complexity index is 140. The molecule has 2 heteroatoms. The van der Waals surface area contributed by atoms with E-state index < -0.39 is 0 Å². The third-order valence-corrected chi connectivity index (χ3v) is 3.49. The predicted octanol–water partition coefficient (Wildman–Crippen LogP) is 4.24. The quantitative estimate of drug-likeness (QED) is 0.668. The lowest BCUT2D eigenvalue weighted by Gasteiger charge is -2.22. The van der Waals surface area contributed by atoms with Crippen LogP contribution in [0.15, 0.2) is 0 Å². The van der Waals surface area contributed by atoms with E-state index in [-0.39, 0.29) is 0 Å². The Balaban J connectivity index is 3.51. The zero-order valence-corrected chi connectivity index (χ0v) is 11.5. The summed E-state index contributed by atoms with van der Waals surface area (Å²) in [6.07, 6.45) is 3.94. The normalized spacial score (nSPS) is 16.7. The highest BCUT2D eigenvalue weighted by Gasteiger charge is 2.12. The average Bonchev–Trinajstić information content (AvgIpc) is 2.09. The molecule has 0 amide bonds. The molecule has 14 heavy (non-hydrogen) atoms. The van der Waals surface area contributed by atoms with Crippen molar-refractivity contribution in [2.24, 2.45) is 5.92 Å². The van der Waals surface area contributed by atoms with Crippen molar-refractivity contribution >= 4 is 11.9 Å². The zero-order chi connectivity index (χ0) is 11.2. The van der Waals surface area contributed by atoms with Crippen LogP contribution in [0.2, 0.25) is 0 Å². The van der Waals surface area contributed by atoms with Crippen molar-refractivity contribution in [1.82, 2.24) is 4.72 Å². The molecule has 0 aliphatic heterocycles. The third kappa shape index (κ3) is 8.89. The first-order chi connectivity index (χ1) is 6.35. The highest BCUT2D eigenvalue weighted by atomic mass is 32.2. The van der Waals surface area contributed by atoms with E-state index in [0.29, 0.717) is 10.8 Å². The topological polar surface area (TPSA) is 12.0 Å². The Labute approximate surface area is 94.6 Å². The molecule has 0 saturated heterocycles. The molecule has 1 N–H and O–H groups in total. The van der Waals surface area contributed by atoms with Gasteiger partial charge < -0.3 is 0 Å². The minimum atomic E-state index is 0.324. The summed E-state index contributed by atoms with van der Waals surface area (Å²) in [6, 6.07) is 0.633. The molecular weight excluding hydrogens is 190 g/mol. The fourth-order valence-corrected chi connectivity index (χ4v) is 1.75. The Morgan fingerprint density at radius 3 is 2.14 bits per heavy atom. The van der Waals surface area contributed by atoms with Crippen molar-refractivity contribution in [2.45, 2.75) is 71.6 Å². The molecule has 0 radical (unpaired) electrons. The molecule has 0 aromatic rings. The van der Waals surface area contributed by atoms with Crippen molar-refractivity contribution in [2.75, 3.05) is 0 Å². The van der Waals surface area contributed by atoms with Gasteiger partial charge in [0, 0.05) is 10.8 Å². The van der Waals surface area contributed by atoms with Gasteiger partial charge in [-0.15, -0.1) is 0 Å². The Kier molecular flexibility index (Phi) is 6.88. The van der Waals surface area contributed by atoms with Gasteiger partial charge in [0.05, 0.1) is 0 Å². The van der Waals surface area contributed by atoms with Gasteiger partial charge in [-0.1, -0.05) is 32.2 Å². The van der Waals surface area contributed by atoms with Crippen LogP contribution in [0.3, 0.4) is 0 Å². The smallest absolute Gasteiger partial charge is 0.0220 e. The van der Waals surface area contributed by atoms with E-state index in [1.165, 1.54) is 19.3 Å². The van der Waals surface area contributed by atoms with Gasteiger partial charge >= 0.3 is 0 Å². The van der Waals surface area contributed by atoms with Crippen molar-refractivity contribution in [3.63, 3.8) is 0 Å². The molecule has 0 fully saturated rings. The fourth-order valence-electron chi connectivity index (χ4n) is 1.07. The molecule has 2 atom stereocenters. The summed E-state index contributed by atoms with van der Waals surface area (Å²) >= 11 is 1.85. The highest BCUT2D eigenvalue weighted by Crippen LogP contribution is 2.21. The zero-order valence-electron chi connectivity index (χ0n) is 10.7. The summed E-state index contributed by atoms with van der Waals surface area (Å²) in [4.78, 5) is 0. The maximum absolute atomic E-state index is 3.52. The van der Waals surface area contributed by atoms with E-state index >= 15 is 0 Å². The lowest BCUT2D eigenvalue weighted by molar-refractivity contribution is 0.459. The van der Waals surface area contributed by atoms with Gasteiger partial charge in [0.15, 0.2) is 0 Å². The summed E-state index contributed by atoms with van der Waals surface area (Å²) in [6.45, 7) is 13.6. The second kappa shape index (κ2) is 6.73. The second-order valence-corrected chi connectivity index (χ2v) is 6.99. The third-order valence-electron chi connectivity index (χ3n) is 2.36. The summed E-state index contributed by atoms with van der Waals surface area (Å²) in [7, 11) is 0. The van der Waals surface area contributed by atoms with Crippen LogP contribution in [0.4, 0.5) is 0 Å². The van der Waals surface area contributed by atoms with Crippen molar-refractivity contribution in [3.8, 4) is 0 Å². The highest BCUT2D eigenvalue weighted by molar-refractivity contribution is 7.98. The molecule has 1 nitrogen and oxygen atoms in total. The van der Waals surface area contributed by atoms with Crippen LogP contribution in [-0.2, 0) is 0 Å². The van der Waals surface area contributed by atoms with Crippen LogP contribution in [0.1, 0.15) is 60.8 Å². The van der Waals surface area contributed by atoms with Crippen LogP contribution in [0.5, 0.6) is 0 Å². The van der Waals surface area contributed by atoms with E-state index in [9.17, 15) is 0 Å². The maximum atomic E-state index is 3.52. The first-order valence-electron chi connectivity index (χ1n) is 5.78. The first kappa shape index (κ1) is 14.3. The van der Waals surface area contributed by atoms with Crippen LogP contribution in [-0.4, -0.2) is 10.8 Å². The molecule has 0 aliphatic rings. The molecular formula is C12H27NS.